The summed E-state index contributed by atoms with van der Waals surface area (Å²) in [6.45, 7) is 8.47. The molecule has 0 bridgehead atoms. The molecular formula is C19H28N2O5. The highest BCUT2D eigenvalue weighted by Gasteiger charge is 2.25. The molecule has 1 unspecified atom stereocenters. The first kappa shape index (κ1) is 21.6. The van der Waals surface area contributed by atoms with Crippen molar-refractivity contribution in [1.29, 1.82) is 0 Å². The van der Waals surface area contributed by atoms with Crippen LogP contribution in [0.2, 0.25) is 0 Å². The highest BCUT2D eigenvalue weighted by atomic mass is 16.5. The predicted octanol–water partition coefficient (Wildman–Crippen LogP) is 2.65. The number of aromatic amines is 1. The molecular weight excluding hydrogens is 336 g/mol. The largest absolute Gasteiger partial charge is 0.454 e. The number of carbonyl (C=O) groups is 4. The van der Waals surface area contributed by atoms with Gasteiger partial charge in [0, 0.05) is 31.1 Å². The van der Waals surface area contributed by atoms with Gasteiger partial charge in [0.05, 0.1) is 5.69 Å². The number of aromatic nitrogens is 1. The Morgan fingerprint density at radius 3 is 2.27 bits per heavy atom. The summed E-state index contributed by atoms with van der Waals surface area (Å²) in [6, 6.07) is 0. The van der Waals surface area contributed by atoms with Crippen molar-refractivity contribution in [1.82, 2.24) is 10.3 Å². The second-order valence-electron chi connectivity index (χ2n) is 6.47. The number of ether oxygens (including phenoxy) is 1. The molecule has 7 heteroatoms. The van der Waals surface area contributed by atoms with Crippen molar-refractivity contribution in [3.8, 4) is 0 Å². The van der Waals surface area contributed by atoms with Gasteiger partial charge in [-0.25, -0.2) is 0 Å². The molecule has 0 aliphatic carbocycles. The number of unbranched alkanes of at least 4 members (excludes halogenated alkanes) is 2. The molecule has 1 amide bonds. The number of nitrogens with one attached hydrogen (secondary N) is 2. The molecule has 2 N–H and O–H groups in total. The SMILES string of the molecule is CC(=O)NCCCCCC(=O)OC(C)C(=O)c1[nH]c(C)c(C(C)=O)c1C. The first-order valence-corrected chi connectivity index (χ1v) is 8.83. The number of amides is 1. The molecule has 1 heterocycles. The van der Waals surface area contributed by atoms with Crippen LogP contribution in [0.25, 0.3) is 0 Å². The average molecular weight is 364 g/mol. The Bertz CT molecular complexity index is 690. The molecule has 0 spiro atoms. The quantitative estimate of drug-likeness (QED) is 0.377. The van der Waals surface area contributed by atoms with Crippen LogP contribution in [0.4, 0.5) is 0 Å². The summed E-state index contributed by atoms with van der Waals surface area (Å²) < 4.78 is 5.21. The molecule has 0 fully saturated rings. The fourth-order valence-corrected chi connectivity index (χ4v) is 2.87. The van der Waals surface area contributed by atoms with Crippen LogP contribution in [0.5, 0.6) is 0 Å². The van der Waals surface area contributed by atoms with E-state index < -0.39 is 12.1 Å². The topological polar surface area (TPSA) is 105 Å². The van der Waals surface area contributed by atoms with Gasteiger partial charge in [-0.2, -0.15) is 0 Å². The van der Waals surface area contributed by atoms with E-state index in [1.54, 1.807) is 13.8 Å². The van der Waals surface area contributed by atoms with Gasteiger partial charge in [0.1, 0.15) is 0 Å². The molecule has 0 saturated carbocycles. The minimum Gasteiger partial charge on any atom is -0.454 e. The third-order valence-corrected chi connectivity index (χ3v) is 4.15. The zero-order chi connectivity index (χ0) is 19.9. The van der Waals surface area contributed by atoms with E-state index in [0.717, 1.165) is 12.8 Å². The lowest BCUT2D eigenvalue weighted by atomic mass is 10.0. The molecule has 1 rings (SSSR count). The minimum absolute atomic E-state index is 0.0699. The van der Waals surface area contributed by atoms with Gasteiger partial charge < -0.3 is 15.0 Å². The normalized spacial score (nSPS) is 11.7. The van der Waals surface area contributed by atoms with Crippen LogP contribution in [0, 0.1) is 13.8 Å². The van der Waals surface area contributed by atoms with Crippen molar-refractivity contribution in [3.05, 3.63) is 22.5 Å². The number of aryl methyl sites for hydroxylation is 1. The molecule has 7 nitrogen and oxygen atoms in total. The predicted molar refractivity (Wildman–Crippen MR) is 97.3 cm³/mol. The number of hydrogen-bond acceptors (Lipinski definition) is 5. The maximum Gasteiger partial charge on any atom is 0.306 e. The molecule has 26 heavy (non-hydrogen) atoms. The molecule has 0 aromatic carbocycles. The van der Waals surface area contributed by atoms with Crippen molar-refractivity contribution >= 4 is 23.4 Å². The van der Waals surface area contributed by atoms with Crippen LogP contribution < -0.4 is 5.32 Å². The molecule has 144 valence electrons. The van der Waals surface area contributed by atoms with Crippen molar-refractivity contribution < 1.29 is 23.9 Å². The molecule has 0 radical (unpaired) electrons. The van der Waals surface area contributed by atoms with E-state index in [9.17, 15) is 19.2 Å². The van der Waals surface area contributed by atoms with E-state index in [1.165, 1.54) is 20.8 Å². The van der Waals surface area contributed by atoms with Gasteiger partial charge in [-0.05, 0) is 46.1 Å². The highest BCUT2D eigenvalue weighted by molar-refractivity contribution is 6.05. The molecule has 1 aromatic heterocycles. The van der Waals surface area contributed by atoms with Crippen LogP contribution >= 0.6 is 0 Å². The molecule has 0 saturated heterocycles. The van der Waals surface area contributed by atoms with E-state index in [4.69, 9.17) is 4.74 Å². The van der Waals surface area contributed by atoms with Crippen molar-refractivity contribution in [3.63, 3.8) is 0 Å². The van der Waals surface area contributed by atoms with Gasteiger partial charge >= 0.3 is 5.97 Å². The zero-order valence-corrected chi connectivity index (χ0v) is 16.2. The van der Waals surface area contributed by atoms with Gasteiger partial charge in [0.25, 0.3) is 0 Å². The van der Waals surface area contributed by atoms with E-state index in [1.807, 2.05) is 0 Å². The second kappa shape index (κ2) is 9.89. The Balaban J connectivity index is 2.49. The summed E-state index contributed by atoms with van der Waals surface area (Å²) in [4.78, 5) is 49.7. The zero-order valence-electron chi connectivity index (χ0n) is 16.2. The van der Waals surface area contributed by atoms with Crippen LogP contribution in [0.1, 0.15) is 78.6 Å². The lowest BCUT2D eigenvalue weighted by Gasteiger charge is -2.12. The summed E-state index contributed by atoms with van der Waals surface area (Å²) in [5.74, 6) is -0.964. The maximum atomic E-state index is 12.5. The summed E-state index contributed by atoms with van der Waals surface area (Å²) in [5.41, 5.74) is 2.03. The first-order chi connectivity index (χ1) is 12.1. The first-order valence-electron chi connectivity index (χ1n) is 8.83. The van der Waals surface area contributed by atoms with Crippen molar-refractivity contribution in [2.45, 2.75) is 66.4 Å². The van der Waals surface area contributed by atoms with Crippen LogP contribution in [-0.4, -0.2) is 41.1 Å². The molecule has 0 aliphatic rings. The number of ketones is 2. The smallest absolute Gasteiger partial charge is 0.306 e. The Morgan fingerprint density at radius 1 is 1.08 bits per heavy atom. The Labute approximate surface area is 153 Å². The van der Waals surface area contributed by atoms with Gasteiger partial charge in [0.15, 0.2) is 11.9 Å². The number of esters is 1. The minimum atomic E-state index is -0.918. The number of H-pyrrole nitrogens is 1. The number of carbonyl (C=O) groups excluding carboxylic acids is 4. The third kappa shape index (κ3) is 6.13. The van der Waals surface area contributed by atoms with Crippen molar-refractivity contribution in [2.75, 3.05) is 6.54 Å². The van der Waals surface area contributed by atoms with E-state index in [-0.39, 0.29) is 23.9 Å². The summed E-state index contributed by atoms with van der Waals surface area (Å²) >= 11 is 0. The maximum absolute atomic E-state index is 12.5. The van der Waals surface area contributed by atoms with Crippen molar-refractivity contribution in [2.24, 2.45) is 0 Å². The van der Waals surface area contributed by atoms with Crippen LogP contribution in [0.3, 0.4) is 0 Å². The Morgan fingerprint density at radius 2 is 1.73 bits per heavy atom. The Kier molecular flexibility index (Phi) is 8.22. The van der Waals surface area contributed by atoms with Gasteiger partial charge in [-0.15, -0.1) is 0 Å². The standard InChI is InChI=1S/C19H28N2O5/c1-11-17(13(3)22)12(2)21-18(11)19(25)14(4)26-16(24)9-7-6-8-10-20-15(5)23/h14,21H,6-10H2,1-5H3,(H,20,23). The van der Waals surface area contributed by atoms with Gasteiger partial charge in [-0.1, -0.05) is 6.42 Å². The highest BCUT2D eigenvalue weighted by Crippen LogP contribution is 2.20. The van der Waals surface area contributed by atoms with Crippen LogP contribution in [-0.2, 0) is 14.3 Å². The summed E-state index contributed by atoms with van der Waals surface area (Å²) in [6.07, 6.45) is 1.51. The molecule has 1 aromatic rings. The summed E-state index contributed by atoms with van der Waals surface area (Å²) in [7, 11) is 0. The van der Waals surface area contributed by atoms with Crippen LogP contribution in [0.15, 0.2) is 0 Å². The summed E-state index contributed by atoms with van der Waals surface area (Å²) in [5, 5.41) is 2.69. The molecule has 1 atom stereocenters. The Hall–Kier alpha value is -2.44. The van der Waals surface area contributed by atoms with Gasteiger partial charge in [0.2, 0.25) is 11.7 Å². The number of Topliss-reactive ketones (excluding diaryl/α,β-unsaturated/α-hetero) is 2. The molecule has 0 aliphatic heterocycles. The number of rotatable bonds is 10. The average Bonchev–Trinajstić information content (AvgIpc) is 2.84. The number of hydrogen-bond donors (Lipinski definition) is 2. The fraction of sp³-hybridized carbons (Fsp3) is 0.579. The monoisotopic (exact) mass is 364 g/mol. The third-order valence-electron chi connectivity index (χ3n) is 4.15. The van der Waals surface area contributed by atoms with E-state index in [2.05, 4.69) is 10.3 Å². The fourth-order valence-electron chi connectivity index (χ4n) is 2.87. The van der Waals surface area contributed by atoms with E-state index >= 15 is 0 Å². The van der Waals surface area contributed by atoms with Gasteiger partial charge in [-0.3, -0.25) is 19.2 Å². The lowest BCUT2D eigenvalue weighted by molar-refractivity contribution is -0.146. The van der Waals surface area contributed by atoms with E-state index in [0.29, 0.717) is 35.5 Å². The second-order valence-corrected chi connectivity index (χ2v) is 6.47. The lowest BCUT2D eigenvalue weighted by Crippen LogP contribution is -2.25.